The second-order valence-corrected chi connectivity index (χ2v) is 12.9. The number of aromatic nitrogens is 3. The molecule has 0 spiro atoms. The first-order chi connectivity index (χ1) is 21.2. The maximum absolute atomic E-state index is 13.8. The second kappa shape index (κ2) is 11.8. The molecule has 1 unspecified atom stereocenters. The number of piperidine rings is 2. The Morgan fingerprint density at radius 2 is 1.84 bits per heavy atom. The molecule has 1 saturated carbocycles. The first kappa shape index (κ1) is 29.2. The van der Waals surface area contributed by atoms with Crippen molar-refractivity contribution in [3.8, 4) is 5.75 Å². The van der Waals surface area contributed by atoms with Gasteiger partial charge in [-0.25, -0.2) is 0 Å². The van der Waals surface area contributed by atoms with Crippen LogP contribution in [0.15, 0.2) is 18.3 Å². The summed E-state index contributed by atoms with van der Waals surface area (Å²) in [5.41, 5.74) is 1.38. The van der Waals surface area contributed by atoms with E-state index in [4.69, 9.17) is 4.74 Å². The van der Waals surface area contributed by atoms with Crippen LogP contribution in [0.1, 0.15) is 79.8 Å². The van der Waals surface area contributed by atoms with Crippen LogP contribution in [0, 0.1) is 5.92 Å². The Kier molecular flexibility index (Phi) is 7.80. The molecule has 1 aliphatic carbocycles. The first-order valence-electron chi connectivity index (χ1n) is 16.1. The van der Waals surface area contributed by atoms with Gasteiger partial charge < -0.3 is 25.3 Å². The van der Waals surface area contributed by atoms with E-state index in [1.807, 2.05) is 11.0 Å². The van der Waals surface area contributed by atoms with Gasteiger partial charge in [0.05, 0.1) is 23.2 Å². The fraction of sp³-hybridized carbons (Fsp3) is 0.594. The first-order valence-corrected chi connectivity index (χ1v) is 16.1. The van der Waals surface area contributed by atoms with Gasteiger partial charge in [-0.2, -0.15) is 23.1 Å². The number of rotatable bonds is 6. The number of aromatic amines is 1. The summed E-state index contributed by atoms with van der Waals surface area (Å²) >= 11 is 0. The average molecular weight is 612 g/mol. The molecule has 5 heterocycles. The molecule has 2 saturated heterocycles. The van der Waals surface area contributed by atoms with Gasteiger partial charge in [0.2, 0.25) is 5.95 Å². The Bertz CT molecular complexity index is 1530. The molecule has 4 aliphatic rings. The molecule has 7 rings (SSSR count). The van der Waals surface area contributed by atoms with Crippen molar-refractivity contribution in [1.82, 2.24) is 24.8 Å². The zero-order chi connectivity index (χ0) is 30.4. The predicted octanol–water partition coefficient (Wildman–Crippen LogP) is 6.35. The van der Waals surface area contributed by atoms with Crippen molar-refractivity contribution >= 4 is 34.4 Å². The third kappa shape index (κ3) is 5.68. The number of hydrogen-bond acceptors (Lipinski definition) is 7. The number of halogens is 3. The molecule has 1 amide bonds. The summed E-state index contributed by atoms with van der Waals surface area (Å²) in [6.45, 7) is 6.57. The fourth-order valence-electron chi connectivity index (χ4n) is 7.56. The van der Waals surface area contributed by atoms with Crippen LogP contribution in [0.4, 0.5) is 30.6 Å². The number of amides is 1. The van der Waals surface area contributed by atoms with Gasteiger partial charge in [-0.05, 0) is 63.1 Å². The predicted molar refractivity (Wildman–Crippen MR) is 163 cm³/mol. The number of ether oxygens (including phenoxy) is 1. The number of likely N-dealkylation sites (tertiary alicyclic amines) is 2. The van der Waals surface area contributed by atoms with E-state index in [0.717, 1.165) is 82.4 Å². The van der Waals surface area contributed by atoms with E-state index >= 15 is 0 Å². The van der Waals surface area contributed by atoms with Crippen LogP contribution in [0.5, 0.6) is 5.75 Å². The number of hydrogen-bond donors (Lipinski definition) is 3. The lowest BCUT2D eigenvalue weighted by atomic mass is 9.94. The highest BCUT2D eigenvalue weighted by Gasteiger charge is 2.36. The maximum Gasteiger partial charge on any atom is 0.418 e. The Hall–Kier alpha value is -3.54. The Morgan fingerprint density at radius 3 is 2.59 bits per heavy atom. The van der Waals surface area contributed by atoms with E-state index < -0.39 is 11.7 Å². The number of alkyl halides is 3. The van der Waals surface area contributed by atoms with Crippen molar-refractivity contribution in [3.63, 3.8) is 0 Å². The number of benzene rings is 1. The molecule has 0 radical (unpaired) electrons. The number of nitrogens with zero attached hydrogens (tertiary/aromatic N) is 4. The maximum atomic E-state index is 13.8. The largest absolute Gasteiger partial charge is 0.491 e. The smallest absolute Gasteiger partial charge is 0.418 e. The lowest BCUT2D eigenvalue weighted by Crippen LogP contribution is -2.49. The van der Waals surface area contributed by atoms with Crippen molar-refractivity contribution in [2.24, 2.45) is 5.92 Å². The van der Waals surface area contributed by atoms with Crippen LogP contribution >= 0.6 is 0 Å². The van der Waals surface area contributed by atoms with Crippen LogP contribution in [-0.4, -0.2) is 75.5 Å². The molecule has 1 aromatic carbocycles. The van der Waals surface area contributed by atoms with Crippen molar-refractivity contribution in [1.29, 1.82) is 0 Å². The summed E-state index contributed by atoms with van der Waals surface area (Å²) in [7, 11) is 0. The van der Waals surface area contributed by atoms with E-state index in [2.05, 4.69) is 37.4 Å². The highest BCUT2D eigenvalue weighted by Crippen LogP contribution is 2.41. The molecule has 12 heteroatoms. The van der Waals surface area contributed by atoms with Crippen LogP contribution in [0.2, 0.25) is 0 Å². The number of fused-ring (bicyclic) bond motifs is 2. The van der Waals surface area contributed by atoms with Crippen LogP contribution in [-0.2, 0) is 12.6 Å². The monoisotopic (exact) mass is 611 g/mol. The van der Waals surface area contributed by atoms with Gasteiger partial charge in [0, 0.05) is 55.5 Å². The van der Waals surface area contributed by atoms with Crippen LogP contribution < -0.4 is 15.4 Å². The zero-order valence-electron chi connectivity index (χ0n) is 25.1. The van der Waals surface area contributed by atoms with Gasteiger partial charge in [-0.15, -0.1) is 0 Å². The highest BCUT2D eigenvalue weighted by atomic mass is 19.4. The summed E-state index contributed by atoms with van der Waals surface area (Å²) in [6.07, 6.45) is 5.36. The molecule has 0 bridgehead atoms. The molecule has 3 fully saturated rings. The third-order valence-corrected chi connectivity index (χ3v) is 9.83. The van der Waals surface area contributed by atoms with E-state index in [0.29, 0.717) is 36.1 Å². The van der Waals surface area contributed by atoms with Crippen molar-refractivity contribution in [2.45, 2.75) is 83.0 Å². The van der Waals surface area contributed by atoms with Gasteiger partial charge >= 0.3 is 6.18 Å². The van der Waals surface area contributed by atoms with E-state index in [1.165, 1.54) is 12.8 Å². The lowest BCUT2D eigenvalue weighted by molar-refractivity contribution is -0.136. The molecule has 236 valence electrons. The van der Waals surface area contributed by atoms with E-state index in [9.17, 15) is 18.0 Å². The molecule has 2 aromatic heterocycles. The Morgan fingerprint density at radius 1 is 1.05 bits per heavy atom. The molecule has 9 nitrogen and oxygen atoms in total. The SMILES string of the molecule is CC1CCCN(C2CCN(C(=O)c3ccc(Nc4nc(NC5CCCC5)c5c(C(F)(F)F)c[nH]c5n4)c4c3CCO4)CC2)C1. The number of anilines is 3. The topological polar surface area (TPSA) is 98.4 Å². The van der Waals surface area contributed by atoms with E-state index in [-0.39, 0.29) is 34.7 Å². The lowest BCUT2D eigenvalue weighted by Gasteiger charge is -2.41. The molecule has 3 aromatic rings. The number of carbonyl (C=O) groups is 1. The van der Waals surface area contributed by atoms with Gasteiger partial charge in [0.15, 0.2) is 0 Å². The molecule has 1 atom stereocenters. The average Bonchev–Trinajstić information content (AvgIpc) is 3.78. The number of nitrogens with one attached hydrogen (secondary N) is 3. The minimum absolute atomic E-state index is 0.0237. The van der Waals surface area contributed by atoms with Crippen molar-refractivity contribution in [3.05, 3.63) is 35.0 Å². The normalized spacial score (nSPS) is 21.9. The van der Waals surface area contributed by atoms with Gasteiger partial charge in [-0.3, -0.25) is 9.69 Å². The van der Waals surface area contributed by atoms with Crippen LogP contribution in [0.3, 0.4) is 0 Å². The second-order valence-electron chi connectivity index (χ2n) is 12.9. The molecule has 3 N–H and O–H groups in total. The van der Waals surface area contributed by atoms with Crippen molar-refractivity contribution < 1.29 is 22.7 Å². The summed E-state index contributed by atoms with van der Waals surface area (Å²) in [6, 6.07) is 4.21. The van der Waals surface area contributed by atoms with Crippen molar-refractivity contribution in [2.75, 3.05) is 43.4 Å². The molecule has 44 heavy (non-hydrogen) atoms. The van der Waals surface area contributed by atoms with Crippen LogP contribution in [0.25, 0.3) is 11.0 Å². The standard InChI is InChI=1S/C32H40F3N7O2/c1-19-5-4-13-42(18-19)21-10-14-41(15-11-21)30(43)23-8-9-25(27-22(23)12-16-44-27)38-31-39-28-26(24(17-36-28)32(33,34)35)29(40-31)37-20-6-2-3-7-20/h8-9,17,19-21H,2-7,10-16,18H2,1H3,(H3,36,37,38,39,40). The summed E-state index contributed by atoms with van der Waals surface area (Å²) < 4.78 is 47.5. The van der Waals surface area contributed by atoms with Gasteiger partial charge in [0.25, 0.3) is 5.91 Å². The quantitative estimate of drug-likeness (QED) is 0.299. The minimum Gasteiger partial charge on any atom is -0.491 e. The Labute approximate surface area is 254 Å². The van der Waals surface area contributed by atoms with E-state index in [1.54, 1.807) is 6.07 Å². The fourth-order valence-corrected chi connectivity index (χ4v) is 7.56. The minimum atomic E-state index is -4.54. The summed E-state index contributed by atoms with van der Waals surface area (Å²) in [4.78, 5) is 29.9. The van der Waals surface area contributed by atoms with Gasteiger partial charge in [0.1, 0.15) is 17.2 Å². The van der Waals surface area contributed by atoms with Gasteiger partial charge in [-0.1, -0.05) is 19.8 Å². The Balaban J connectivity index is 1.11. The third-order valence-electron chi connectivity index (χ3n) is 9.83. The summed E-state index contributed by atoms with van der Waals surface area (Å²) in [5, 5.41) is 6.37. The molecular formula is C32H40F3N7O2. The number of carbonyl (C=O) groups excluding carboxylic acids is 1. The molecule has 3 aliphatic heterocycles. The molecular weight excluding hydrogens is 571 g/mol. The highest BCUT2D eigenvalue weighted by molar-refractivity contribution is 5.98. The number of H-pyrrole nitrogens is 1. The zero-order valence-corrected chi connectivity index (χ0v) is 25.1. The summed E-state index contributed by atoms with van der Waals surface area (Å²) in [5.74, 6) is 1.64.